The van der Waals surface area contributed by atoms with Gasteiger partial charge in [-0.2, -0.15) is 0 Å². The standard InChI is InChI=1S/C14H28N4O2/c1-14(2,3)17-13(20)16-12(19)10-18-8-6-5-7-11(18)9-15-4/h11,15H,5-10H2,1-4H3,(H2,16,17,19,20). The fourth-order valence-corrected chi connectivity index (χ4v) is 2.46. The third-order valence-corrected chi connectivity index (χ3v) is 3.28. The van der Waals surface area contributed by atoms with E-state index in [0.29, 0.717) is 6.04 Å². The Bertz CT molecular complexity index is 337. The topological polar surface area (TPSA) is 73.5 Å². The van der Waals surface area contributed by atoms with Gasteiger partial charge in [-0.25, -0.2) is 4.79 Å². The van der Waals surface area contributed by atoms with Crippen molar-refractivity contribution >= 4 is 11.9 Å². The van der Waals surface area contributed by atoms with E-state index in [0.717, 1.165) is 25.9 Å². The van der Waals surface area contributed by atoms with Gasteiger partial charge in [0.1, 0.15) is 0 Å². The molecule has 0 aromatic heterocycles. The second kappa shape index (κ2) is 7.59. The molecule has 0 aliphatic carbocycles. The van der Waals surface area contributed by atoms with Crippen LogP contribution < -0.4 is 16.0 Å². The van der Waals surface area contributed by atoms with Gasteiger partial charge in [-0.3, -0.25) is 15.0 Å². The molecule has 116 valence electrons. The van der Waals surface area contributed by atoms with E-state index < -0.39 is 6.03 Å². The Hall–Kier alpha value is -1.14. The van der Waals surface area contributed by atoms with E-state index in [4.69, 9.17) is 0 Å². The number of rotatable bonds is 4. The number of nitrogens with one attached hydrogen (secondary N) is 3. The smallest absolute Gasteiger partial charge is 0.321 e. The molecule has 3 N–H and O–H groups in total. The summed E-state index contributed by atoms with van der Waals surface area (Å²) in [6.45, 7) is 7.71. The van der Waals surface area contributed by atoms with Crippen LogP contribution in [-0.4, -0.2) is 55.1 Å². The lowest BCUT2D eigenvalue weighted by atomic mass is 10.0. The lowest BCUT2D eigenvalue weighted by molar-refractivity contribution is -0.122. The van der Waals surface area contributed by atoms with Gasteiger partial charge in [0.25, 0.3) is 0 Å². The van der Waals surface area contributed by atoms with E-state index >= 15 is 0 Å². The van der Waals surface area contributed by atoms with E-state index in [2.05, 4.69) is 20.9 Å². The number of urea groups is 1. The van der Waals surface area contributed by atoms with Crippen molar-refractivity contribution in [2.75, 3.05) is 26.7 Å². The van der Waals surface area contributed by atoms with Gasteiger partial charge in [-0.05, 0) is 47.2 Å². The van der Waals surface area contributed by atoms with E-state index in [1.165, 1.54) is 6.42 Å². The number of hydrogen-bond acceptors (Lipinski definition) is 4. The highest BCUT2D eigenvalue weighted by Gasteiger charge is 2.24. The number of likely N-dealkylation sites (N-methyl/N-ethyl adjacent to an activating group) is 1. The number of piperidine rings is 1. The van der Waals surface area contributed by atoms with Gasteiger partial charge >= 0.3 is 6.03 Å². The summed E-state index contributed by atoms with van der Waals surface area (Å²) < 4.78 is 0. The van der Waals surface area contributed by atoms with Gasteiger partial charge in [0, 0.05) is 18.1 Å². The zero-order valence-corrected chi connectivity index (χ0v) is 13.1. The first kappa shape index (κ1) is 16.9. The summed E-state index contributed by atoms with van der Waals surface area (Å²) in [6, 6.07) is -0.0464. The van der Waals surface area contributed by atoms with Crippen molar-refractivity contribution in [3.63, 3.8) is 0 Å². The summed E-state index contributed by atoms with van der Waals surface area (Å²) in [6.07, 6.45) is 3.42. The van der Waals surface area contributed by atoms with Gasteiger partial charge in [-0.1, -0.05) is 6.42 Å². The van der Waals surface area contributed by atoms with Crippen molar-refractivity contribution in [2.45, 2.75) is 51.6 Å². The van der Waals surface area contributed by atoms with Crippen molar-refractivity contribution in [1.82, 2.24) is 20.9 Å². The summed E-state index contributed by atoms with van der Waals surface area (Å²) in [5.74, 6) is -0.241. The maximum atomic E-state index is 11.9. The Morgan fingerprint density at radius 1 is 1.25 bits per heavy atom. The van der Waals surface area contributed by atoms with Crippen LogP contribution in [-0.2, 0) is 4.79 Å². The highest BCUT2D eigenvalue weighted by Crippen LogP contribution is 2.15. The van der Waals surface area contributed by atoms with Crippen molar-refractivity contribution in [3.8, 4) is 0 Å². The Kier molecular flexibility index (Phi) is 6.42. The molecule has 0 radical (unpaired) electrons. The van der Waals surface area contributed by atoms with Gasteiger partial charge in [0.15, 0.2) is 0 Å². The first-order valence-electron chi connectivity index (χ1n) is 7.32. The molecular weight excluding hydrogens is 256 g/mol. The van der Waals surface area contributed by atoms with Gasteiger partial charge < -0.3 is 10.6 Å². The van der Waals surface area contributed by atoms with Crippen LogP contribution in [0.25, 0.3) is 0 Å². The van der Waals surface area contributed by atoms with Crippen LogP contribution in [0.2, 0.25) is 0 Å². The zero-order valence-electron chi connectivity index (χ0n) is 13.1. The summed E-state index contributed by atoms with van der Waals surface area (Å²) in [5, 5.41) is 8.28. The molecule has 1 saturated heterocycles. The molecule has 0 aromatic rings. The Morgan fingerprint density at radius 3 is 2.55 bits per heavy atom. The number of nitrogens with zero attached hydrogens (tertiary/aromatic N) is 1. The summed E-state index contributed by atoms with van der Waals surface area (Å²) in [5.41, 5.74) is -0.343. The highest BCUT2D eigenvalue weighted by molar-refractivity contribution is 5.95. The highest BCUT2D eigenvalue weighted by atomic mass is 16.2. The summed E-state index contributed by atoms with van der Waals surface area (Å²) in [4.78, 5) is 25.7. The molecule has 1 heterocycles. The predicted octanol–water partition coefficient (Wildman–Crippen LogP) is 0.685. The number of likely N-dealkylation sites (tertiary alicyclic amines) is 1. The zero-order chi connectivity index (χ0) is 15.2. The number of carbonyl (C=O) groups is 2. The molecule has 3 amide bonds. The lowest BCUT2D eigenvalue weighted by Gasteiger charge is -2.35. The third kappa shape index (κ3) is 6.34. The van der Waals surface area contributed by atoms with Gasteiger partial charge in [0.2, 0.25) is 5.91 Å². The van der Waals surface area contributed by atoms with Crippen LogP contribution >= 0.6 is 0 Å². The molecule has 1 rings (SSSR count). The number of hydrogen-bond donors (Lipinski definition) is 3. The summed E-state index contributed by atoms with van der Waals surface area (Å²) in [7, 11) is 1.92. The van der Waals surface area contributed by atoms with Crippen LogP contribution in [0.3, 0.4) is 0 Å². The first-order valence-corrected chi connectivity index (χ1v) is 7.32. The Morgan fingerprint density at radius 2 is 1.95 bits per heavy atom. The molecule has 6 heteroatoms. The van der Waals surface area contributed by atoms with Crippen molar-refractivity contribution < 1.29 is 9.59 Å². The van der Waals surface area contributed by atoms with Crippen LogP contribution in [0.15, 0.2) is 0 Å². The summed E-state index contributed by atoms with van der Waals surface area (Å²) >= 11 is 0. The monoisotopic (exact) mass is 284 g/mol. The number of imide groups is 1. The van der Waals surface area contributed by atoms with Crippen LogP contribution in [0.1, 0.15) is 40.0 Å². The average molecular weight is 284 g/mol. The van der Waals surface area contributed by atoms with E-state index in [1.54, 1.807) is 0 Å². The minimum absolute atomic E-state index is 0.241. The maximum Gasteiger partial charge on any atom is 0.321 e. The van der Waals surface area contributed by atoms with E-state index in [9.17, 15) is 9.59 Å². The average Bonchev–Trinajstić information content (AvgIpc) is 2.29. The largest absolute Gasteiger partial charge is 0.333 e. The lowest BCUT2D eigenvalue weighted by Crippen LogP contribution is -2.53. The molecule has 1 fully saturated rings. The maximum absolute atomic E-state index is 11.9. The van der Waals surface area contributed by atoms with Gasteiger partial charge in [0.05, 0.1) is 6.54 Å². The van der Waals surface area contributed by atoms with Crippen molar-refractivity contribution in [1.29, 1.82) is 0 Å². The molecule has 0 aromatic carbocycles. The molecule has 20 heavy (non-hydrogen) atoms. The molecule has 1 aliphatic heterocycles. The van der Waals surface area contributed by atoms with Crippen molar-refractivity contribution in [2.24, 2.45) is 0 Å². The predicted molar refractivity (Wildman–Crippen MR) is 79.6 cm³/mol. The number of amides is 3. The van der Waals surface area contributed by atoms with E-state index in [1.807, 2.05) is 27.8 Å². The normalized spacial score (nSPS) is 20.5. The fourth-order valence-electron chi connectivity index (χ4n) is 2.46. The Labute approximate surface area is 121 Å². The fraction of sp³-hybridized carbons (Fsp3) is 0.857. The van der Waals surface area contributed by atoms with Crippen LogP contribution in [0.5, 0.6) is 0 Å². The minimum Gasteiger partial charge on any atom is -0.333 e. The first-order chi connectivity index (χ1) is 9.31. The Balaban J connectivity index is 2.42. The number of carbonyl (C=O) groups excluding carboxylic acids is 2. The van der Waals surface area contributed by atoms with Gasteiger partial charge in [-0.15, -0.1) is 0 Å². The van der Waals surface area contributed by atoms with E-state index in [-0.39, 0.29) is 18.0 Å². The molecule has 0 spiro atoms. The van der Waals surface area contributed by atoms with Crippen LogP contribution in [0, 0.1) is 0 Å². The second-order valence-electron chi connectivity index (χ2n) is 6.43. The molecule has 1 aliphatic rings. The molecule has 0 bridgehead atoms. The molecular formula is C14H28N4O2. The molecule has 1 unspecified atom stereocenters. The quantitative estimate of drug-likeness (QED) is 0.710. The second-order valence-corrected chi connectivity index (χ2v) is 6.43. The minimum atomic E-state index is -0.426. The van der Waals surface area contributed by atoms with Crippen LogP contribution in [0.4, 0.5) is 4.79 Å². The third-order valence-electron chi connectivity index (χ3n) is 3.28. The van der Waals surface area contributed by atoms with Crippen molar-refractivity contribution in [3.05, 3.63) is 0 Å². The molecule has 1 atom stereocenters. The molecule has 6 nitrogen and oxygen atoms in total. The molecule has 0 saturated carbocycles. The SMILES string of the molecule is CNCC1CCCCN1CC(=O)NC(=O)NC(C)(C)C.